The molecule has 0 radical (unpaired) electrons. The van der Waals surface area contributed by atoms with Crippen molar-refractivity contribution in [1.29, 1.82) is 0 Å². The molecule has 0 spiro atoms. The maximum atomic E-state index is 12.2. The molecular formula is C15H21ClN4O2. The molecule has 6 nitrogen and oxygen atoms in total. The molecule has 0 saturated carbocycles. The summed E-state index contributed by atoms with van der Waals surface area (Å²) in [5.74, 6) is 0.906. The Morgan fingerprint density at radius 3 is 2.82 bits per heavy atom. The minimum Gasteiger partial charge on any atom is -0.376 e. The zero-order chi connectivity index (χ0) is 15.4. The third-order valence-corrected chi connectivity index (χ3v) is 4.33. The van der Waals surface area contributed by atoms with Crippen molar-refractivity contribution in [2.75, 3.05) is 44.2 Å². The van der Waals surface area contributed by atoms with Gasteiger partial charge in [-0.25, -0.2) is 9.78 Å². The zero-order valence-electron chi connectivity index (χ0n) is 12.5. The van der Waals surface area contributed by atoms with Crippen LogP contribution in [0.15, 0.2) is 18.3 Å². The van der Waals surface area contributed by atoms with Gasteiger partial charge < -0.3 is 19.9 Å². The van der Waals surface area contributed by atoms with E-state index in [9.17, 15) is 4.79 Å². The summed E-state index contributed by atoms with van der Waals surface area (Å²) in [6, 6.07) is 3.75. The number of nitrogens with one attached hydrogen (secondary N) is 1. The molecule has 0 aromatic carbocycles. The average Bonchev–Trinajstić information content (AvgIpc) is 3.07. The monoisotopic (exact) mass is 324 g/mol. The van der Waals surface area contributed by atoms with E-state index < -0.39 is 0 Å². The summed E-state index contributed by atoms with van der Waals surface area (Å²) in [5, 5.41) is 3.60. The first-order chi connectivity index (χ1) is 10.7. The molecule has 120 valence electrons. The second-order valence-electron chi connectivity index (χ2n) is 5.63. The zero-order valence-corrected chi connectivity index (χ0v) is 13.3. The third kappa shape index (κ3) is 3.81. The normalized spacial score (nSPS) is 22.0. The molecule has 1 aromatic heterocycles. The summed E-state index contributed by atoms with van der Waals surface area (Å²) < 4.78 is 5.51. The van der Waals surface area contributed by atoms with Crippen LogP contribution in [0.3, 0.4) is 0 Å². The van der Waals surface area contributed by atoms with Crippen LogP contribution in [0.1, 0.15) is 12.8 Å². The number of carbonyl (C=O) groups excluding carboxylic acids is 1. The van der Waals surface area contributed by atoms with E-state index in [0.29, 0.717) is 24.7 Å². The van der Waals surface area contributed by atoms with Crippen molar-refractivity contribution in [2.45, 2.75) is 18.9 Å². The maximum absolute atomic E-state index is 12.2. The van der Waals surface area contributed by atoms with Crippen LogP contribution < -0.4 is 10.2 Å². The number of carbonyl (C=O) groups is 1. The Labute approximate surface area is 135 Å². The van der Waals surface area contributed by atoms with Gasteiger partial charge in [-0.15, -0.1) is 0 Å². The molecule has 3 rings (SSSR count). The summed E-state index contributed by atoms with van der Waals surface area (Å²) in [6.07, 6.45) is 3.96. The molecule has 0 bridgehead atoms. The lowest BCUT2D eigenvalue weighted by Crippen LogP contribution is -2.52. The number of halogens is 1. The number of rotatable bonds is 3. The van der Waals surface area contributed by atoms with Crippen LogP contribution in [0.4, 0.5) is 10.6 Å². The first-order valence-corrected chi connectivity index (χ1v) is 8.11. The summed E-state index contributed by atoms with van der Waals surface area (Å²) in [6.45, 7) is 4.37. The number of aromatic nitrogens is 1. The van der Waals surface area contributed by atoms with E-state index in [2.05, 4.69) is 15.2 Å². The highest BCUT2D eigenvalue weighted by Crippen LogP contribution is 2.16. The predicted octanol–water partition coefficient (Wildman–Crippen LogP) is 1.75. The smallest absolute Gasteiger partial charge is 0.317 e. The standard InChI is InChI=1S/C15H21ClN4O2/c16-12-3-4-14(17-10-12)19-5-7-20(8-6-19)15(21)18-11-13-2-1-9-22-13/h3-4,10,13H,1-2,5-9,11H2,(H,18,21). The van der Waals surface area contributed by atoms with Gasteiger partial charge in [-0.3, -0.25) is 0 Å². The van der Waals surface area contributed by atoms with Crippen LogP contribution in [0.25, 0.3) is 0 Å². The molecule has 2 amide bonds. The van der Waals surface area contributed by atoms with Crippen LogP contribution in [0, 0.1) is 0 Å². The Balaban J connectivity index is 1.44. The summed E-state index contributed by atoms with van der Waals surface area (Å²) in [7, 11) is 0. The molecule has 2 fully saturated rings. The van der Waals surface area contributed by atoms with Crippen molar-refractivity contribution >= 4 is 23.4 Å². The van der Waals surface area contributed by atoms with Gasteiger partial charge in [-0.1, -0.05) is 11.6 Å². The van der Waals surface area contributed by atoms with Crippen molar-refractivity contribution in [1.82, 2.24) is 15.2 Å². The summed E-state index contributed by atoms with van der Waals surface area (Å²) in [5.41, 5.74) is 0. The Morgan fingerprint density at radius 1 is 1.36 bits per heavy atom. The van der Waals surface area contributed by atoms with Crippen molar-refractivity contribution < 1.29 is 9.53 Å². The summed E-state index contributed by atoms with van der Waals surface area (Å²) in [4.78, 5) is 20.5. The number of hydrogen-bond acceptors (Lipinski definition) is 4. The van der Waals surface area contributed by atoms with Crippen molar-refractivity contribution in [3.63, 3.8) is 0 Å². The largest absolute Gasteiger partial charge is 0.376 e. The van der Waals surface area contributed by atoms with Crippen LogP contribution in [0.2, 0.25) is 5.02 Å². The minimum atomic E-state index is -0.000727. The molecule has 2 saturated heterocycles. The van der Waals surface area contributed by atoms with Gasteiger partial charge >= 0.3 is 6.03 Å². The number of amides is 2. The number of nitrogens with zero attached hydrogens (tertiary/aromatic N) is 3. The highest BCUT2D eigenvalue weighted by Gasteiger charge is 2.23. The van der Waals surface area contributed by atoms with Crippen LogP contribution in [-0.2, 0) is 4.74 Å². The highest BCUT2D eigenvalue weighted by atomic mass is 35.5. The van der Waals surface area contributed by atoms with E-state index in [-0.39, 0.29) is 12.1 Å². The van der Waals surface area contributed by atoms with Gasteiger partial charge in [0.05, 0.1) is 11.1 Å². The molecule has 2 aliphatic heterocycles. The number of urea groups is 1. The van der Waals surface area contributed by atoms with Crippen molar-refractivity contribution in [2.24, 2.45) is 0 Å². The second-order valence-corrected chi connectivity index (χ2v) is 6.07. The highest BCUT2D eigenvalue weighted by molar-refractivity contribution is 6.30. The number of piperazine rings is 1. The Morgan fingerprint density at radius 2 is 2.18 bits per heavy atom. The van der Waals surface area contributed by atoms with E-state index in [4.69, 9.17) is 16.3 Å². The topological polar surface area (TPSA) is 57.7 Å². The first-order valence-electron chi connectivity index (χ1n) is 7.73. The molecular weight excluding hydrogens is 304 g/mol. The maximum Gasteiger partial charge on any atom is 0.317 e. The molecule has 3 heterocycles. The fraction of sp³-hybridized carbons (Fsp3) is 0.600. The van der Waals surface area contributed by atoms with Crippen molar-refractivity contribution in [3.05, 3.63) is 23.4 Å². The Hall–Kier alpha value is -1.53. The van der Waals surface area contributed by atoms with Gasteiger partial charge in [0.1, 0.15) is 5.82 Å². The number of ether oxygens (including phenoxy) is 1. The molecule has 2 aliphatic rings. The van der Waals surface area contributed by atoms with Gasteiger partial charge in [-0.2, -0.15) is 0 Å². The van der Waals surface area contributed by atoms with E-state index >= 15 is 0 Å². The van der Waals surface area contributed by atoms with Gasteiger partial charge in [0.25, 0.3) is 0 Å². The fourth-order valence-electron chi connectivity index (χ4n) is 2.81. The van der Waals surface area contributed by atoms with Crippen LogP contribution >= 0.6 is 11.6 Å². The van der Waals surface area contributed by atoms with E-state index in [0.717, 1.165) is 38.4 Å². The minimum absolute atomic E-state index is 0.000727. The third-order valence-electron chi connectivity index (χ3n) is 4.11. The van der Waals surface area contributed by atoms with E-state index in [1.807, 2.05) is 17.0 Å². The molecule has 7 heteroatoms. The Bertz CT molecular complexity index is 497. The quantitative estimate of drug-likeness (QED) is 0.920. The van der Waals surface area contributed by atoms with Crippen molar-refractivity contribution in [3.8, 4) is 0 Å². The first kappa shape index (κ1) is 15.4. The SMILES string of the molecule is O=C(NCC1CCCO1)N1CCN(c2ccc(Cl)cn2)CC1. The van der Waals surface area contributed by atoms with Gasteiger partial charge in [0.2, 0.25) is 0 Å². The molecule has 0 aliphatic carbocycles. The average molecular weight is 325 g/mol. The lowest BCUT2D eigenvalue weighted by Gasteiger charge is -2.35. The molecule has 22 heavy (non-hydrogen) atoms. The lowest BCUT2D eigenvalue weighted by atomic mass is 10.2. The van der Waals surface area contributed by atoms with Crippen LogP contribution in [-0.4, -0.2) is 61.3 Å². The summed E-state index contributed by atoms with van der Waals surface area (Å²) >= 11 is 5.85. The van der Waals surface area contributed by atoms with Gasteiger partial charge in [0, 0.05) is 45.5 Å². The molecule has 1 atom stereocenters. The molecule has 1 unspecified atom stereocenters. The lowest BCUT2D eigenvalue weighted by molar-refractivity contribution is 0.108. The van der Waals surface area contributed by atoms with E-state index in [1.165, 1.54) is 0 Å². The Kier molecular flexibility index (Phi) is 5.00. The van der Waals surface area contributed by atoms with Gasteiger partial charge in [0.15, 0.2) is 0 Å². The molecule has 1 aromatic rings. The van der Waals surface area contributed by atoms with E-state index in [1.54, 1.807) is 6.20 Å². The molecule has 1 N–H and O–H groups in total. The van der Waals surface area contributed by atoms with Gasteiger partial charge in [-0.05, 0) is 25.0 Å². The number of pyridine rings is 1. The predicted molar refractivity (Wildman–Crippen MR) is 85.4 cm³/mol. The number of hydrogen-bond donors (Lipinski definition) is 1. The van der Waals surface area contributed by atoms with Crippen LogP contribution in [0.5, 0.6) is 0 Å². The second kappa shape index (κ2) is 7.15. The number of anilines is 1. The fourth-order valence-corrected chi connectivity index (χ4v) is 2.92.